The quantitative estimate of drug-likeness (QED) is 0.822. The van der Waals surface area contributed by atoms with Crippen molar-refractivity contribution in [1.82, 2.24) is 9.78 Å². The normalized spacial score (nSPS) is 16.7. The molecule has 4 heteroatoms. The van der Waals surface area contributed by atoms with Crippen LogP contribution >= 0.6 is 0 Å². The third-order valence-corrected chi connectivity index (χ3v) is 2.08. The number of ether oxygens (including phenoxy) is 1. The second-order valence-electron chi connectivity index (χ2n) is 3.79. The third-order valence-electron chi connectivity index (χ3n) is 2.08. The second kappa shape index (κ2) is 9.05. The molecule has 1 aromatic heterocycles. The summed E-state index contributed by atoms with van der Waals surface area (Å²) in [6.45, 7) is 11.7. The summed E-state index contributed by atoms with van der Waals surface area (Å²) in [7, 11) is 0. The molecule has 0 aliphatic carbocycles. The molecule has 17 heavy (non-hydrogen) atoms. The average molecular weight is 241 g/mol. The number of nitrogens with two attached hydrogens (primary N) is 1. The molecule has 0 fully saturated rings. The van der Waals surface area contributed by atoms with Gasteiger partial charge in [-0.1, -0.05) is 41.0 Å². The van der Waals surface area contributed by atoms with E-state index in [1.54, 1.807) is 0 Å². The van der Waals surface area contributed by atoms with E-state index in [1.165, 1.54) is 12.0 Å². The van der Waals surface area contributed by atoms with Crippen molar-refractivity contribution in [3.05, 3.63) is 11.8 Å². The maximum atomic E-state index is 5.71. The van der Waals surface area contributed by atoms with E-state index < -0.39 is 0 Å². The van der Waals surface area contributed by atoms with E-state index in [0.29, 0.717) is 6.61 Å². The minimum Gasteiger partial charge on any atom is -0.476 e. The van der Waals surface area contributed by atoms with Gasteiger partial charge in [0.25, 0.3) is 0 Å². The summed E-state index contributed by atoms with van der Waals surface area (Å²) in [4.78, 5) is 0. The smallest absolute Gasteiger partial charge is 0.215 e. The molecule has 1 aromatic rings. The summed E-state index contributed by atoms with van der Waals surface area (Å²) in [6, 6.07) is 0.0853. The van der Waals surface area contributed by atoms with Gasteiger partial charge in [0, 0.05) is 5.56 Å². The maximum absolute atomic E-state index is 5.71. The number of rotatable bonds is 1. The molecule has 100 valence electrons. The van der Waals surface area contributed by atoms with Crippen LogP contribution in [0.3, 0.4) is 0 Å². The van der Waals surface area contributed by atoms with Crippen molar-refractivity contribution < 1.29 is 4.74 Å². The summed E-state index contributed by atoms with van der Waals surface area (Å²) >= 11 is 0. The summed E-state index contributed by atoms with van der Waals surface area (Å²) in [5, 5.41) is 4.19. The van der Waals surface area contributed by atoms with E-state index in [9.17, 15) is 0 Å². The van der Waals surface area contributed by atoms with Crippen LogP contribution in [0, 0.1) is 0 Å². The molecule has 0 amide bonds. The Balaban J connectivity index is 0.000000450. The highest BCUT2D eigenvalue weighted by molar-refractivity contribution is 5.25. The SMILES string of the molecule is CC.CCC.CCc1cnn2c1OCC(N)C2. The number of hydrogen-bond donors (Lipinski definition) is 1. The zero-order chi connectivity index (χ0) is 13.3. The van der Waals surface area contributed by atoms with Crippen LogP contribution in [0.4, 0.5) is 0 Å². The van der Waals surface area contributed by atoms with E-state index in [0.717, 1.165) is 18.8 Å². The molecule has 2 rings (SSSR count). The van der Waals surface area contributed by atoms with Crippen molar-refractivity contribution in [2.24, 2.45) is 5.73 Å². The lowest BCUT2D eigenvalue weighted by atomic mass is 10.2. The van der Waals surface area contributed by atoms with Gasteiger partial charge in [0.2, 0.25) is 5.88 Å². The van der Waals surface area contributed by atoms with Gasteiger partial charge in [-0.05, 0) is 6.42 Å². The lowest BCUT2D eigenvalue weighted by Gasteiger charge is -2.21. The Bertz CT molecular complexity index is 297. The van der Waals surface area contributed by atoms with Gasteiger partial charge in [0.1, 0.15) is 6.61 Å². The van der Waals surface area contributed by atoms with Crippen LogP contribution in [0.2, 0.25) is 0 Å². The summed E-state index contributed by atoms with van der Waals surface area (Å²) in [5.74, 6) is 0.902. The first-order chi connectivity index (χ1) is 8.22. The first-order valence-electron chi connectivity index (χ1n) is 6.65. The molecule has 0 radical (unpaired) electrons. The fourth-order valence-corrected chi connectivity index (χ4v) is 1.41. The first kappa shape index (κ1) is 16.0. The molecule has 0 saturated heterocycles. The molecule has 1 unspecified atom stereocenters. The fourth-order valence-electron chi connectivity index (χ4n) is 1.41. The molecule has 4 nitrogen and oxygen atoms in total. The van der Waals surface area contributed by atoms with Crippen molar-refractivity contribution in [3.8, 4) is 5.88 Å². The van der Waals surface area contributed by atoms with Gasteiger partial charge in [-0.15, -0.1) is 0 Å². The molecule has 2 heterocycles. The van der Waals surface area contributed by atoms with Crippen molar-refractivity contribution in [1.29, 1.82) is 0 Å². The van der Waals surface area contributed by atoms with Gasteiger partial charge in [0.15, 0.2) is 0 Å². The van der Waals surface area contributed by atoms with Crippen LogP contribution in [-0.4, -0.2) is 22.4 Å². The van der Waals surface area contributed by atoms with E-state index >= 15 is 0 Å². The zero-order valence-corrected chi connectivity index (χ0v) is 11.9. The second-order valence-corrected chi connectivity index (χ2v) is 3.79. The highest BCUT2D eigenvalue weighted by Gasteiger charge is 2.19. The highest BCUT2D eigenvalue weighted by atomic mass is 16.5. The zero-order valence-electron chi connectivity index (χ0n) is 11.9. The number of fused-ring (bicyclic) bond motifs is 1. The third kappa shape index (κ3) is 4.77. The van der Waals surface area contributed by atoms with Crippen LogP contribution in [0.1, 0.15) is 46.6 Å². The number of hydrogen-bond acceptors (Lipinski definition) is 3. The minimum atomic E-state index is 0.0853. The molecular weight excluding hydrogens is 214 g/mol. The molecule has 0 saturated carbocycles. The van der Waals surface area contributed by atoms with Gasteiger partial charge in [-0.25, -0.2) is 4.68 Å². The van der Waals surface area contributed by atoms with Crippen molar-refractivity contribution in [2.75, 3.05) is 6.61 Å². The van der Waals surface area contributed by atoms with E-state index in [-0.39, 0.29) is 6.04 Å². The van der Waals surface area contributed by atoms with Crippen LogP contribution in [-0.2, 0) is 13.0 Å². The van der Waals surface area contributed by atoms with Crippen molar-refractivity contribution in [2.45, 2.75) is 60.0 Å². The molecule has 1 aliphatic heterocycles. The van der Waals surface area contributed by atoms with Gasteiger partial charge in [-0.3, -0.25) is 0 Å². The molecule has 0 spiro atoms. The predicted octanol–water partition coefficient (Wildman–Crippen LogP) is 2.61. The molecule has 0 bridgehead atoms. The Morgan fingerprint density at radius 2 is 2.00 bits per heavy atom. The molecule has 0 aromatic carbocycles. The molecule has 1 atom stereocenters. The average Bonchev–Trinajstić information content (AvgIpc) is 2.74. The lowest BCUT2D eigenvalue weighted by Crippen LogP contribution is -2.37. The van der Waals surface area contributed by atoms with E-state index in [1.807, 2.05) is 24.7 Å². The Morgan fingerprint density at radius 1 is 1.41 bits per heavy atom. The molecule has 1 aliphatic rings. The van der Waals surface area contributed by atoms with Crippen LogP contribution in [0.15, 0.2) is 6.20 Å². The van der Waals surface area contributed by atoms with Crippen molar-refractivity contribution in [3.63, 3.8) is 0 Å². The van der Waals surface area contributed by atoms with Gasteiger partial charge >= 0.3 is 0 Å². The Kier molecular flexibility index (Phi) is 8.50. The summed E-state index contributed by atoms with van der Waals surface area (Å²) in [5.41, 5.74) is 6.88. The van der Waals surface area contributed by atoms with E-state index in [2.05, 4.69) is 25.9 Å². The lowest BCUT2D eigenvalue weighted by molar-refractivity contribution is 0.204. The van der Waals surface area contributed by atoms with E-state index in [4.69, 9.17) is 10.5 Å². The fraction of sp³-hybridized carbons (Fsp3) is 0.769. The Morgan fingerprint density at radius 3 is 2.53 bits per heavy atom. The predicted molar refractivity (Wildman–Crippen MR) is 72.4 cm³/mol. The molecular formula is C13H27N3O. The largest absolute Gasteiger partial charge is 0.476 e. The Hall–Kier alpha value is -1.03. The maximum Gasteiger partial charge on any atom is 0.215 e. The standard InChI is InChI=1S/C8H13N3O.C3H8.C2H6/c1-2-6-3-10-11-4-7(9)5-12-8(6)11;1-3-2;1-2/h3,7H,2,4-5,9H2,1H3;3H2,1-2H3;1-2H3. The van der Waals surface area contributed by atoms with Crippen LogP contribution in [0.5, 0.6) is 5.88 Å². The minimum absolute atomic E-state index is 0.0853. The van der Waals surface area contributed by atoms with Crippen LogP contribution < -0.4 is 10.5 Å². The summed E-state index contributed by atoms with van der Waals surface area (Å²) < 4.78 is 7.31. The number of aryl methyl sites for hydroxylation is 1. The highest BCUT2D eigenvalue weighted by Crippen LogP contribution is 2.21. The number of aromatic nitrogens is 2. The van der Waals surface area contributed by atoms with Gasteiger partial charge in [-0.2, -0.15) is 5.10 Å². The van der Waals surface area contributed by atoms with Crippen LogP contribution in [0.25, 0.3) is 0 Å². The van der Waals surface area contributed by atoms with Gasteiger partial charge < -0.3 is 10.5 Å². The van der Waals surface area contributed by atoms with Crippen molar-refractivity contribution >= 4 is 0 Å². The summed E-state index contributed by atoms with van der Waals surface area (Å²) in [6.07, 6.45) is 4.07. The molecule has 2 N–H and O–H groups in total. The first-order valence-corrected chi connectivity index (χ1v) is 6.65. The monoisotopic (exact) mass is 241 g/mol. The number of nitrogens with zero attached hydrogens (tertiary/aromatic N) is 2. The van der Waals surface area contributed by atoms with Gasteiger partial charge in [0.05, 0.1) is 18.8 Å². The Labute approximate surface area is 105 Å². The topological polar surface area (TPSA) is 53.1 Å².